The smallest absolute Gasteiger partial charge is 0.410 e. The average molecular weight is 540 g/mol. The summed E-state index contributed by atoms with van der Waals surface area (Å²) in [4.78, 5) is 31.7. The minimum Gasteiger partial charge on any atom is -0.493 e. The summed E-state index contributed by atoms with van der Waals surface area (Å²) in [6.07, 6.45) is 1.19. The van der Waals surface area contributed by atoms with Crippen LogP contribution in [-0.2, 0) is 16.6 Å². The largest absolute Gasteiger partial charge is 0.493 e. The molecule has 0 saturated heterocycles. The number of nitrogens with one attached hydrogen (secondary N) is 1. The minimum absolute atomic E-state index is 0.266. The van der Waals surface area contributed by atoms with Gasteiger partial charge >= 0.3 is 6.09 Å². The first kappa shape index (κ1) is 28.2. The summed E-state index contributed by atoms with van der Waals surface area (Å²) in [7, 11) is 4.95. The summed E-state index contributed by atoms with van der Waals surface area (Å²) < 4.78 is 13.0. The van der Waals surface area contributed by atoms with Crippen molar-refractivity contribution < 1.29 is 19.1 Å². The molecule has 206 valence electrons. The van der Waals surface area contributed by atoms with Crippen LogP contribution >= 0.6 is 0 Å². The lowest BCUT2D eigenvalue weighted by Gasteiger charge is -2.28. The van der Waals surface area contributed by atoms with E-state index >= 15 is 0 Å². The molecule has 9 heteroatoms. The summed E-state index contributed by atoms with van der Waals surface area (Å²) in [6.45, 7) is 6.93. The molecule has 2 amide bonds. The summed E-state index contributed by atoms with van der Waals surface area (Å²) in [6, 6.07) is 16.3. The van der Waals surface area contributed by atoms with Gasteiger partial charge in [0.15, 0.2) is 11.4 Å². The summed E-state index contributed by atoms with van der Waals surface area (Å²) >= 11 is 0. The molecule has 0 saturated carbocycles. The Morgan fingerprint density at radius 1 is 1.05 bits per heavy atom. The van der Waals surface area contributed by atoms with Crippen molar-refractivity contribution in [2.24, 2.45) is 7.05 Å². The van der Waals surface area contributed by atoms with Crippen LogP contribution in [0.25, 0.3) is 22.0 Å². The number of fused-ring (bicyclic) bond motifs is 1. The third kappa shape index (κ3) is 6.24. The van der Waals surface area contributed by atoms with Gasteiger partial charge in [-0.05, 0) is 51.8 Å². The number of aryl methyl sites for hydroxylation is 1. The van der Waals surface area contributed by atoms with Gasteiger partial charge in [0, 0.05) is 36.2 Å². The second kappa shape index (κ2) is 11.5. The van der Waals surface area contributed by atoms with Crippen LogP contribution in [0.5, 0.6) is 5.75 Å². The molecule has 2 heterocycles. The van der Waals surface area contributed by atoms with Gasteiger partial charge in [-0.1, -0.05) is 42.3 Å². The quantitative estimate of drug-likeness (QED) is 0.349. The summed E-state index contributed by atoms with van der Waals surface area (Å²) in [5.74, 6) is 6.54. The SMILES string of the molecule is COc1c(-c2cccc3cnn(C)c23)cc(NC(=O)C(C)N(C)C(=O)OC(C)(C)C)nc1C#Cc1ccccc1. The van der Waals surface area contributed by atoms with E-state index in [2.05, 4.69) is 27.2 Å². The lowest BCUT2D eigenvalue weighted by molar-refractivity contribution is -0.120. The number of rotatable bonds is 5. The maximum atomic E-state index is 13.3. The van der Waals surface area contributed by atoms with Crippen LogP contribution in [0.3, 0.4) is 0 Å². The summed E-state index contributed by atoms with van der Waals surface area (Å²) in [5.41, 5.74) is 2.90. The van der Waals surface area contributed by atoms with Crippen LogP contribution in [-0.4, -0.2) is 57.5 Å². The van der Waals surface area contributed by atoms with Crippen molar-refractivity contribution in [1.29, 1.82) is 0 Å². The number of benzene rings is 2. The van der Waals surface area contributed by atoms with Crippen LogP contribution in [0.15, 0.2) is 60.8 Å². The van der Waals surface area contributed by atoms with Crippen molar-refractivity contribution >= 4 is 28.7 Å². The summed E-state index contributed by atoms with van der Waals surface area (Å²) in [5, 5.41) is 8.21. The highest BCUT2D eigenvalue weighted by Gasteiger charge is 2.28. The fourth-order valence-electron chi connectivity index (χ4n) is 4.09. The Labute approximate surface area is 234 Å². The van der Waals surface area contributed by atoms with E-state index in [1.807, 2.05) is 55.6 Å². The predicted octanol–water partition coefficient (Wildman–Crippen LogP) is 5.24. The Balaban J connectivity index is 1.79. The normalized spacial score (nSPS) is 11.8. The standard InChI is InChI=1S/C31H33N5O4/c1-20(35(5)30(38)40-31(2,3)4)29(37)34-26-18-24(23-15-11-14-22-19-32-36(6)27(22)23)28(39-7)25(33-26)17-16-21-12-9-8-10-13-21/h8-15,18-20H,1-7H3,(H,33,34,37). The monoisotopic (exact) mass is 539 g/mol. The maximum Gasteiger partial charge on any atom is 0.410 e. The number of hydrogen-bond acceptors (Lipinski definition) is 6. The second-order valence-electron chi connectivity index (χ2n) is 10.3. The molecule has 2 aromatic carbocycles. The van der Waals surface area contributed by atoms with E-state index < -0.39 is 23.6 Å². The molecule has 1 atom stereocenters. The number of carbonyl (C=O) groups excluding carboxylic acids is 2. The lowest BCUT2D eigenvalue weighted by atomic mass is 10.0. The topological polar surface area (TPSA) is 98.6 Å². The third-order valence-corrected chi connectivity index (χ3v) is 6.22. The number of carbonyl (C=O) groups is 2. The van der Waals surface area contributed by atoms with E-state index in [1.54, 1.807) is 51.7 Å². The first-order chi connectivity index (χ1) is 19.0. The molecule has 0 aliphatic heterocycles. The van der Waals surface area contributed by atoms with E-state index in [9.17, 15) is 9.59 Å². The fraction of sp³-hybridized carbons (Fsp3) is 0.290. The fourth-order valence-corrected chi connectivity index (χ4v) is 4.09. The zero-order valence-electron chi connectivity index (χ0n) is 23.8. The van der Waals surface area contributed by atoms with Gasteiger partial charge in [0.2, 0.25) is 5.91 Å². The highest BCUT2D eigenvalue weighted by atomic mass is 16.6. The molecule has 2 aromatic heterocycles. The van der Waals surface area contributed by atoms with Gasteiger partial charge in [0.1, 0.15) is 17.5 Å². The van der Waals surface area contributed by atoms with Gasteiger partial charge in [0.25, 0.3) is 0 Å². The molecule has 0 bridgehead atoms. The number of methoxy groups -OCH3 is 1. The van der Waals surface area contributed by atoms with Gasteiger partial charge in [0.05, 0.1) is 18.8 Å². The number of ether oxygens (including phenoxy) is 2. The molecular formula is C31H33N5O4. The van der Waals surface area contributed by atoms with Crippen molar-refractivity contribution in [3.63, 3.8) is 0 Å². The Kier molecular flexibility index (Phi) is 8.10. The van der Waals surface area contributed by atoms with Gasteiger partial charge in [-0.25, -0.2) is 9.78 Å². The number of amides is 2. The highest BCUT2D eigenvalue weighted by Crippen LogP contribution is 2.38. The van der Waals surface area contributed by atoms with Crippen molar-refractivity contribution in [3.8, 4) is 28.7 Å². The lowest BCUT2D eigenvalue weighted by Crippen LogP contribution is -2.45. The molecule has 4 aromatic rings. The number of nitrogens with zero attached hydrogens (tertiary/aromatic N) is 4. The molecule has 0 fully saturated rings. The van der Waals surface area contributed by atoms with Crippen LogP contribution in [0, 0.1) is 11.8 Å². The molecule has 0 aliphatic carbocycles. The molecule has 0 radical (unpaired) electrons. The van der Waals surface area contributed by atoms with Gasteiger partial charge < -0.3 is 14.8 Å². The van der Waals surface area contributed by atoms with E-state index in [-0.39, 0.29) is 5.82 Å². The van der Waals surface area contributed by atoms with Crippen LogP contribution in [0.4, 0.5) is 10.6 Å². The number of aromatic nitrogens is 3. The van der Waals surface area contributed by atoms with E-state index in [4.69, 9.17) is 9.47 Å². The van der Waals surface area contributed by atoms with E-state index in [0.29, 0.717) is 17.0 Å². The number of hydrogen-bond donors (Lipinski definition) is 1. The Morgan fingerprint density at radius 2 is 1.77 bits per heavy atom. The van der Waals surface area contributed by atoms with Crippen LogP contribution in [0.1, 0.15) is 39.0 Å². The maximum absolute atomic E-state index is 13.3. The first-order valence-electron chi connectivity index (χ1n) is 12.8. The molecule has 40 heavy (non-hydrogen) atoms. The van der Waals surface area contributed by atoms with Crippen molar-refractivity contribution in [1.82, 2.24) is 19.7 Å². The van der Waals surface area contributed by atoms with Crippen LogP contribution < -0.4 is 10.1 Å². The molecule has 0 spiro atoms. The molecule has 1 unspecified atom stereocenters. The Hall–Kier alpha value is -4.84. The van der Waals surface area contributed by atoms with Gasteiger partial charge in [-0.3, -0.25) is 14.4 Å². The zero-order chi connectivity index (χ0) is 29.0. The van der Waals surface area contributed by atoms with E-state index in [1.165, 1.54) is 11.9 Å². The number of likely N-dealkylation sites (N-methyl/N-ethyl adjacent to an activating group) is 1. The predicted molar refractivity (Wildman–Crippen MR) is 155 cm³/mol. The molecule has 9 nitrogen and oxygen atoms in total. The number of para-hydroxylation sites is 1. The Morgan fingerprint density at radius 3 is 2.45 bits per heavy atom. The number of pyridine rings is 1. The highest BCUT2D eigenvalue weighted by molar-refractivity contribution is 5.99. The molecule has 0 aliphatic rings. The molecular weight excluding hydrogens is 506 g/mol. The van der Waals surface area contributed by atoms with Crippen molar-refractivity contribution in [3.05, 3.63) is 72.1 Å². The Bertz CT molecular complexity index is 1610. The van der Waals surface area contributed by atoms with Gasteiger partial charge in [-0.2, -0.15) is 5.10 Å². The zero-order valence-corrected chi connectivity index (χ0v) is 23.8. The molecule has 1 N–H and O–H groups in total. The average Bonchev–Trinajstić information content (AvgIpc) is 3.31. The van der Waals surface area contributed by atoms with E-state index in [0.717, 1.165) is 22.0 Å². The molecule has 4 rings (SSSR count). The minimum atomic E-state index is -0.832. The first-order valence-corrected chi connectivity index (χ1v) is 12.8. The van der Waals surface area contributed by atoms with Crippen molar-refractivity contribution in [2.45, 2.75) is 39.3 Å². The van der Waals surface area contributed by atoms with Crippen LogP contribution in [0.2, 0.25) is 0 Å². The number of anilines is 1. The van der Waals surface area contributed by atoms with Gasteiger partial charge in [-0.15, -0.1) is 0 Å². The third-order valence-electron chi connectivity index (χ3n) is 6.22. The second-order valence-corrected chi connectivity index (χ2v) is 10.3. The van der Waals surface area contributed by atoms with Crippen molar-refractivity contribution in [2.75, 3.05) is 19.5 Å².